The quantitative estimate of drug-likeness (QED) is 0.760. The van der Waals surface area contributed by atoms with E-state index in [1.165, 1.54) is 0 Å². The van der Waals surface area contributed by atoms with Crippen LogP contribution in [0.5, 0.6) is 0 Å². The van der Waals surface area contributed by atoms with Gasteiger partial charge in [0.25, 0.3) is 0 Å². The predicted molar refractivity (Wildman–Crippen MR) is 96.6 cm³/mol. The summed E-state index contributed by atoms with van der Waals surface area (Å²) in [6.45, 7) is 3.12. The van der Waals surface area contributed by atoms with Gasteiger partial charge in [0.05, 0.1) is 0 Å². The fourth-order valence-electron chi connectivity index (χ4n) is 3.48. The molecular formula is C21H23NO3. The molecule has 2 aromatic carbocycles. The van der Waals surface area contributed by atoms with Crippen molar-refractivity contribution in [1.29, 1.82) is 0 Å². The SMILES string of the molecule is C[C@@H](c1cccc(C=O)c1)[C@H]1CCCN1C(=O)OCc1ccccc1. The molecule has 1 saturated heterocycles. The van der Waals surface area contributed by atoms with Gasteiger partial charge in [0.2, 0.25) is 0 Å². The number of ether oxygens (including phenoxy) is 1. The summed E-state index contributed by atoms with van der Waals surface area (Å²) < 4.78 is 5.50. The molecule has 0 N–H and O–H groups in total. The first-order valence-corrected chi connectivity index (χ1v) is 8.71. The van der Waals surface area contributed by atoms with Crippen molar-refractivity contribution in [3.63, 3.8) is 0 Å². The third-order valence-corrected chi connectivity index (χ3v) is 4.89. The summed E-state index contributed by atoms with van der Waals surface area (Å²) in [6.07, 6.45) is 2.52. The van der Waals surface area contributed by atoms with Gasteiger partial charge in [-0.05, 0) is 30.0 Å². The van der Waals surface area contributed by atoms with E-state index in [1.54, 1.807) is 6.07 Å². The number of benzene rings is 2. The second kappa shape index (κ2) is 7.97. The molecule has 0 radical (unpaired) electrons. The number of nitrogens with zero attached hydrogens (tertiary/aromatic N) is 1. The van der Waals surface area contributed by atoms with Gasteiger partial charge in [0.15, 0.2) is 0 Å². The molecule has 3 rings (SSSR count). The number of carbonyl (C=O) groups excluding carboxylic acids is 2. The van der Waals surface area contributed by atoms with E-state index >= 15 is 0 Å². The fraction of sp³-hybridized carbons (Fsp3) is 0.333. The monoisotopic (exact) mass is 337 g/mol. The number of likely N-dealkylation sites (tertiary alicyclic amines) is 1. The van der Waals surface area contributed by atoms with Crippen molar-refractivity contribution in [2.75, 3.05) is 6.54 Å². The molecule has 2 atom stereocenters. The molecule has 1 heterocycles. The molecule has 2 aromatic rings. The van der Waals surface area contributed by atoms with Crippen LogP contribution in [0, 0.1) is 0 Å². The lowest BCUT2D eigenvalue weighted by atomic mass is 9.91. The zero-order valence-corrected chi connectivity index (χ0v) is 14.4. The largest absolute Gasteiger partial charge is 0.445 e. The Morgan fingerprint density at radius 1 is 1.24 bits per heavy atom. The van der Waals surface area contributed by atoms with Gasteiger partial charge in [-0.15, -0.1) is 0 Å². The lowest BCUT2D eigenvalue weighted by Crippen LogP contribution is -2.38. The van der Waals surface area contributed by atoms with Crippen molar-refractivity contribution >= 4 is 12.4 Å². The van der Waals surface area contributed by atoms with Crippen molar-refractivity contribution in [1.82, 2.24) is 4.90 Å². The minimum Gasteiger partial charge on any atom is -0.445 e. The molecule has 0 aliphatic carbocycles. The smallest absolute Gasteiger partial charge is 0.410 e. The number of hydrogen-bond donors (Lipinski definition) is 0. The highest BCUT2D eigenvalue weighted by atomic mass is 16.6. The molecule has 25 heavy (non-hydrogen) atoms. The topological polar surface area (TPSA) is 46.6 Å². The third kappa shape index (κ3) is 4.08. The summed E-state index contributed by atoms with van der Waals surface area (Å²) in [5.41, 5.74) is 2.73. The summed E-state index contributed by atoms with van der Waals surface area (Å²) in [4.78, 5) is 25.4. The molecular weight excluding hydrogens is 314 g/mol. The molecule has 1 fully saturated rings. The van der Waals surface area contributed by atoms with E-state index in [4.69, 9.17) is 4.74 Å². The van der Waals surface area contributed by atoms with Crippen LogP contribution in [0.3, 0.4) is 0 Å². The standard InChI is InChI=1S/C21H23NO3/c1-16(19-10-5-9-18(13-19)14-23)20-11-6-12-22(20)21(24)25-15-17-7-3-2-4-8-17/h2-5,7-10,13-14,16,20H,6,11-12,15H2,1H3/t16-,20+/m0/s1. The lowest BCUT2D eigenvalue weighted by Gasteiger charge is -2.29. The second-order valence-electron chi connectivity index (χ2n) is 6.52. The van der Waals surface area contributed by atoms with Crippen LogP contribution < -0.4 is 0 Å². The summed E-state index contributed by atoms with van der Waals surface area (Å²) in [5.74, 6) is 0.159. The van der Waals surface area contributed by atoms with Crippen LogP contribution in [-0.4, -0.2) is 29.9 Å². The van der Waals surface area contributed by atoms with Crippen LogP contribution in [0.15, 0.2) is 54.6 Å². The van der Waals surface area contributed by atoms with Crippen LogP contribution >= 0.6 is 0 Å². The molecule has 0 aromatic heterocycles. The average Bonchev–Trinajstić information content (AvgIpc) is 3.16. The van der Waals surface area contributed by atoms with Gasteiger partial charge in [-0.25, -0.2) is 4.79 Å². The van der Waals surface area contributed by atoms with Crippen molar-refractivity contribution < 1.29 is 14.3 Å². The molecule has 0 bridgehead atoms. The second-order valence-corrected chi connectivity index (χ2v) is 6.52. The first-order valence-electron chi connectivity index (χ1n) is 8.71. The van der Waals surface area contributed by atoms with E-state index in [-0.39, 0.29) is 24.7 Å². The first-order chi connectivity index (χ1) is 12.2. The van der Waals surface area contributed by atoms with E-state index in [0.717, 1.165) is 36.8 Å². The third-order valence-electron chi connectivity index (χ3n) is 4.89. The normalized spacial score (nSPS) is 18.0. The molecule has 0 spiro atoms. The first kappa shape index (κ1) is 17.2. The zero-order valence-electron chi connectivity index (χ0n) is 14.4. The molecule has 1 aliphatic heterocycles. The summed E-state index contributed by atoms with van der Waals surface area (Å²) in [7, 11) is 0. The Bertz CT molecular complexity index is 729. The molecule has 0 saturated carbocycles. The van der Waals surface area contributed by atoms with Gasteiger partial charge in [-0.1, -0.05) is 55.5 Å². The van der Waals surface area contributed by atoms with E-state index in [2.05, 4.69) is 6.92 Å². The Morgan fingerprint density at radius 2 is 2.04 bits per heavy atom. The maximum absolute atomic E-state index is 12.5. The molecule has 4 nitrogen and oxygen atoms in total. The Balaban J connectivity index is 1.66. The minimum atomic E-state index is -0.259. The number of rotatable bonds is 5. The van der Waals surface area contributed by atoms with Gasteiger partial charge >= 0.3 is 6.09 Å². The van der Waals surface area contributed by atoms with Crippen LogP contribution in [0.1, 0.15) is 47.2 Å². The van der Waals surface area contributed by atoms with Gasteiger partial charge in [0.1, 0.15) is 12.9 Å². The van der Waals surface area contributed by atoms with E-state index < -0.39 is 0 Å². The summed E-state index contributed by atoms with van der Waals surface area (Å²) in [6, 6.07) is 17.4. The molecule has 0 unspecified atom stereocenters. The van der Waals surface area contributed by atoms with Crippen LogP contribution in [0.2, 0.25) is 0 Å². The average molecular weight is 337 g/mol. The zero-order chi connectivity index (χ0) is 17.6. The summed E-state index contributed by atoms with van der Waals surface area (Å²) in [5, 5.41) is 0. The Morgan fingerprint density at radius 3 is 2.80 bits per heavy atom. The fourth-order valence-corrected chi connectivity index (χ4v) is 3.48. The van der Waals surface area contributed by atoms with Crippen LogP contribution in [0.25, 0.3) is 0 Å². The molecule has 4 heteroatoms. The molecule has 1 amide bonds. The van der Waals surface area contributed by atoms with E-state index in [0.29, 0.717) is 5.56 Å². The van der Waals surface area contributed by atoms with Crippen molar-refractivity contribution in [3.05, 3.63) is 71.3 Å². The van der Waals surface area contributed by atoms with Crippen molar-refractivity contribution in [2.45, 2.75) is 38.3 Å². The Hall–Kier alpha value is -2.62. The van der Waals surface area contributed by atoms with Gasteiger partial charge < -0.3 is 9.64 Å². The van der Waals surface area contributed by atoms with Crippen LogP contribution in [-0.2, 0) is 11.3 Å². The maximum Gasteiger partial charge on any atom is 0.410 e. The van der Waals surface area contributed by atoms with Gasteiger partial charge in [-0.2, -0.15) is 0 Å². The highest BCUT2D eigenvalue weighted by molar-refractivity contribution is 5.75. The molecule has 1 aliphatic rings. The van der Waals surface area contributed by atoms with E-state index in [9.17, 15) is 9.59 Å². The van der Waals surface area contributed by atoms with Crippen LogP contribution in [0.4, 0.5) is 4.79 Å². The Labute approximate surface area is 148 Å². The van der Waals surface area contributed by atoms with E-state index in [1.807, 2.05) is 53.4 Å². The van der Waals surface area contributed by atoms with Gasteiger partial charge in [0, 0.05) is 24.1 Å². The van der Waals surface area contributed by atoms with Crippen molar-refractivity contribution in [2.24, 2.45) is 0 Å². The number of carbonyl (C=O) groups is 2. The minimum absolute atomic E-state index is 0.102. The van der Waals surface area contributed by atoms with Gasteiger partial charge in [-0.3, -0.25) is 4.79 Å². The molecule has 130 valence electrons. The number of aldehydes is 1. The Kier molecular flexibility index (Phi) is 5.49. The maximum atomic E-state index is 12.5. The number of hydrogen-bond acceptors (Lipinski definition) is 3. The highest BCUT2D eigenvalue weighted by Gasteiger charge is 2.34. The number of amides is 1. The lowest BCUT2D eigenvalue weighted by molar-refractivity contribution is 0.0886. The highest BCUT2D eigenvalue weighted by Crippen LogP contribution is 2.31. The predicted octanol–water partition coefficient (Wildman–Crippen LogP) is 4.40. The summed E-state index contributed by atoms with van der Waals surface area (Å²) >= 11 is 0. The van der Waals surface area contributed by atoms with Crippen molar-refractivity contribution in [3.8, 4) is 0 Å².